The summed E-state index contributed by atoms with van der Waals surface area (Å²) in [6.07, 6.45) is 3.20. The van der Waals surface area contributed by atoms with Gasteiger partial charge in [0.25, 0.3) is 5.91 Å². The minimum absolute atomic E-state index is 0.161. The van der Waals surface area contributed by atoms with E-state index in [1.807, 2.05) is 39.3 Å². The van der Waals surface area contributed by atoms with Crippen molar-refractivity contribution in [2.45, 2.75) is 32.2 Å². The van der Waals surface area contributed by atoms with Crippen LogP contribution in [0, 0.1) is 0 Å². The lowest BCUT2D eigenvalue weighted by Crippen LogP contribution is -2.38. The second kappa shape index (κ2) is 8.95. The highest BCUT2D eigenvalue weighted by Gasteiger charge is 2.22. The number of anilines is 1. The van der Waals surface area contributed by atoms with Crippen molar-refractivity contribution in [1.29, 1.82) is 0 Å². The fourth-order valence-corrected chi connectivity index (χ4v) is 2.88. The first-order valence-corrected chi connectivity index (χ1v) is 9.24. The fraction of sp³-hybridized carbons (Fsp3) is 0.476. The molecule has 0 saturated heterocycles. The van der Waals surface area contributed by atoms with Crippen LogP contribution in [0.2, 0.25) is 0 Å². The Kier molecular flexibility index (Phi) is 6.91. The van der Waals surface area contributed by atoms with E-state index >= 15 is 0 Å². The van der Waals surface area contributed by atoms with Crippen LogP contribution in [0.3, 0.4) is 0 Å². The zero-order valence-electron chi connectivity index (χ0n) is 17.2. The van der Waals surface area contributed by atoms with Crippen LogP contribution in [0.1, 0.15) is 36.8 Å². The normalized spacial score (nSPS) is 12.7. The molecule has 0 bridgehead atoms. The SMILES string of the molecule is CC(CN(C)C)N(C)c1cnc(C(=O)NCC(C)(C)c2ccccc2)cn1. The molecule has 6 heteroatoms. The maximum Gasteiger partial charge on any atom is 0.271 e. The van der Waals surface area contributed by atoms with Gasteiger partial charge in [-0.3, -0.25) is 4.79 Å². The molecule has 0 aliphatic heterocycles. The third-order valence-corrected chi connectivity index (χ3v) is 4.77. The quantitative estimate of drug-likeness (QED) is 0.775. The van der Waals surface area contributed by atoms with Crippen molar-refractivity contribution in [1.82, 2.24) is 20.2 Å². The lowest BCUT2D eigenvalue weighted by Gasteiger charge is -2.28. The third-order valence-electron chi connectivity index (χ3n) is 4.77. The van der Waals surface area contributed by atoms with Crippen LogP contribution in [-0.2, 0) is 5.41 Å². The number of hydrogen-bond donors (Lipinski definition) is 1. The Balaban J connectivity index is 1.97. The number of rotatable bonds is 8. The first-order chi connectivity index (χ1) is 12.7. The van der Waals surface area contributed by atoms with Crippen molar-refractivity contribution in [2.24, 2.45) is 0 Å². The number of carbonyl (C=O) groups is 1. The molecule has 0 radical (unpaired) electrons. The summed E-state index contributed by atoms with van der Waals surface area (Å²) in [5.41, 5.74) is 1.35. The van der Waals surface area contributed by atoms with Crippen molar-refractivity contribution in [3.05, 3.63) is 54.0 Å². The first-order valence-electron chi connectivity index (χ1n) is 9.24. The Morgan fingerprint density at radius 3 is 2.33 bits per heavy atom. The standard InChI is InChI=1S/C21H31N5O/c1-16(14-25(4)5)26(6)19-13-22-18(12-23-19)20(27)24-15-21(2,3)17-10-8-7-9-11-17/h7-13,16H,14-15H2,1-6H3,(H,24,27). The summed E-state index contributed by atoms with van der Waals surface area (Å²) < 4.78 is 0. The molecule has 1 aromatic carbocycles. The summed E-state index contributed by atoms with van der Waals surface area (Å²) >= 11 is 0. The van der Waals surface area contributed by atoms with Gasteiger partial charge in [-0.15, -0.1) is 0 Å². The van der Waals surface area contributed by atoms with Crippen molar-refractivity contribution in [3.63, 3.8) is 0 Å². The molecule has 1 unspecified atom stereocenters. The van der Waals surface area contributed by atoms with Crippen LogP contribution in [-0.4, -0.2) is 61.0 Å². The molecule has 1 atom stereocenters. The number of hydrogen-bond acceptors (Lipinski definition) is 5. The topological polar surface area (TPSA) is 61.4 Å². The molecule has 0 fully saturated rings. The Morgan fingerprint density at radius 1 is 1.11 bits per heavy atom. The second-order valence-corrected chi connectivity index (χ2v) is 7.91. The Labute approximate surface area is 162 Å². The second-order valence-electron chi connectivity index (χ2n) is 7.91. The maximum atomic E-state index is 12.4. The van der Waals surface area contributed by atoms with E-state index in [-0.39, 0.29) is 11.3 Å². The van der Waals surface area contributed by atoms with Crippen molar-refractivity contribution >= 4 is 11.7 Å². The lowest BCUT2D eigenvalue weighted by atomic mass is 9.84. The molecular formula is C21H31N5O. The molecule has 1 N–H and O–H groups in total. The monoisotopic (exact) mass is 369 g/mol. The van der Waals surface area contributed by atoms with Crippen LogP contribution in [0.4, 0.5) is 5.82 Å². The van der Waals surface area contributed by atoms with E-state index in [2.05, 4.69) is 58.0 Å². The number of amides is 1. The van der Waals surface area contributed by atoms with Gasteiger partial charge < -0.3 is 15.1 Å². The summed E-state index contributed by atoms with van der Waals surface area (Å²) in [7, 11) is 6.07. The van der Waals surface area contributed by atoms with E-state index < -0.39 is 0 Å². The van der Waals surface area contributed by atoms with Gasteiger partial charge in [0.05, 0.1) is 12.4 Å². The average molecular weight is 370 g/mol. The van der Waals surface area contributed by atoms with Crippen LogP contribution < -0.4 is 10.2 Å². The highest BCUT2D eigenvalue weighted by atomic mass is 16.1. The summed E-state index contributed by atoms with van der Waals surface area (Å²) in [5.74, 6) is 0.549. The van der Waals surface area contributed by atoms with Crippen LogP contribution in [0.15, 0.2) is 42.7 Å². The summed E-state index contributed by atoms with van der Waals surface area (Å²) in [5, 5.41) is 2.97. The van der Waals surface area contributed by atoms with Gasteiger partial charge in [-0.25, -0.2) is 9.97 Å². The van der Waals surface area contributed by atoms with E-state index in [1.54, 1.807) is 12.4 Å². The third kappa shape index (κ3) is 5.76. The van der Waals surface area contributed by atoms with Crippen molar-refractivity contribution in [2.75, 3.05) is 39.1 Å². The molecule has 1 amide bonds. The molecular weight excluding hydrogens is 338 g/mol. The molecule has 2 rings (SSSR count). The minimum atomic E-state index is -0.206. The predicted molar refractivity (Wildman–Crippen MR) is 110 cm³/mol. The van der Waals surface area contributed by atoms with Gasteiger partial charge in [0.15, 0.2) is 0 Å². The van der Waals surface area contributed by atoms with E-state index in [0.29, 0.717) is 18.3 Å². The summed E-state index contributed by atoms with van der Waals surface area (Å²) in [6, 6.07) is 10.5. The fourth-order valence-electron chi connectivity index (χ4n) is 2.88. The molecule has 2 aromatic rings. The van der Waals surface area contributed by atoms with Crippen molar-refractivity contribution in [3.8, 4) is 0 Å². The molecule has 1 heterocycles. The first kappa shape index (κ1) is 20.8. The van der Waals surface area contributed by atoms with E-state index in [0.717, 1.165) is 12.4 Å². The minimum Gasteiger partial charge on any atom is -0.354 e. The van der Waals surface area contributed by atoms with Gasteiger partial charge in [0.1, 0.15) is 11.5 Å². The Morgan fingerprint density at radius 2 is 1.78 bits per heavy atom. The molecule has 6 nitrogen and oxygen atoms in total. The number of carbonyl (C=O) groups excluding carboxylic acids is 1. The molecule has 0 aliphatic carbocycles. The molecule has 27 heavy (non-hydrogen) atoms. The van der Waals surface area contributed by atoms with E-state index in [4.69, 9.17) is 0 Å². The van der Waals surface area contributed by atoms with Gasteiger partial charge in [0, 0.05) is 31.6 Å². The van der Waals surface area contributed by atoms with Gasteiger partial charge in [0.2, 0.25) is 0 Å². The highest BCUT2D eigenvalue weighted by Crippen LogP contribution is 2.21. The Hall–Kier alpha value is -2.47. The summed E-state index contributed by atoms with van der Waals surface area (Å²) in [6.45, 7) is 7.79. The maximum absolute atomic E-state index is 12.4. The van der Waals surface area contributed by atoms with Crippen LogP contribution >= 0.6 is 0 Å². The lowest BCUT2D eigenvalue weighted by molar-refractivity contribution is 0.0940. The number of aromatic nitrogens is 2. The number of nitrogens with zero attached hydrogens (tertiary/aromatic N) is 4. The van der Waals surface area contributed by atoms with E-state index in [9.17, 15) is 4.79 Å². The Bertz CT molecular complexity index is 728. The molecule has 0 saturated carbocycles. The smallest absolute Gasteiger partial charge is 0.271 e. The zero-order valence-corrected chi connectivity index (χ0v) is 17.2. The average Bonchev–Trinajstić information content (AvgIpc) is 2.66. The van der Waals surface area contributed by atoms with Gasteiger partial charge in [-0.1, -0.05) is 44.2 Å². The molecule has 0 spiro atoms. The van der Waals surface area contributed by atoms with Crippen LogP contribution in [0.25, 0.3) is 0 Å². The zero-order chi connectivity index (χ0) is 20.0. The number of likely N-dealkylation sites (N-methyl/N-ethyl adjacent to an activating group) is 2. The largest absolute Gasteiger partial charge is 0.354 e. The van der Waals surface area contributed by atoms with Gasteiger partial charge in [-0.2, -0.15) is 0 Å². The number of nitrogens with one attached hydrogen (secondary N) is 1. The van der Waals surface area contributed by atoms with Gasteiger partial charge >= 0.3 is 0 Å². The predicted octanol–water partition coefficient (Wildman–Crippen LogP) is 2.57. The number of benzene rings is 1. The van der Waals surface area contributed by atoms with Gasteiger partial charge in [-0.05, 0) is 26.6 Å². The van der Waals surface area contributed by atoms with Crippen molar-refractivity contribution < 1.29 is 4.79 Å². The van der Waals surface area contributed by atoms with E-state index in [1.165, 1.54) is 5.56 Å². The molecule has 1 aromatic heterocycles. The summed E-state index contributed by atoms with van der Waals surface area (Å²) in [4.78, 5) is 25.4. The molecule has 0 aliphatic rings. The highest BCUT2D eigenvalue weighted by molar-refractivity contribution is 5.92. The van der Waals surface area contributed by atoms with Crippen LogP contribution in [0.5, 0.6) is 0 Å². The molecule has 146 valence electrons.